The van der Waals surface area contributed by atoms with Crippen molar-refractivity contribution in [1.29, 1.82) is 0 Å². The highest BCUT2D eigenvalue weighted by Gasteiger charge is 2.34. The van der Waals surface area contributed by atoms with E-state index in [9.17, 15) is 9.59 Å². The molecule has 0 spiro atoms. The molecule has 0 saturated carbocycles. The van der Waals surface area contributed by atoms with Crippen LogP contribution in [0, 0.1) is 0 Å². The van der Waals surface area contributed by atoms with Gasteiger partial charge in [0.05, 0.1) is 18.1 Å². The molecule has 0 unspecified atom stereocenters. The number of carbonyl (C=O) groups is 2. The number of methoxy groups -OCH3 is 1. The summed E-state index contributed by atoms with van der Waals surface area (Å²) < 4.78 is 10.5. The van der Waals surface area contributed by atoms with Gasteiger partial charge in [-0.3, -0.25) is 9.69 Å². The molecule has 0 aliphatic carbocycles. The van der Waals surface area contributed by atoms with E-state index in [4.69, 9.17) is 9.47 Å². The molecule has 0 bridgehead atoms. The molecule has 1 aliphatic heterocycles. The van der Waals surface area contributed by atoms with Crippen molar-refractivity contribution in [3.05, 3.63) is 65.7 Å². The van der Waals surface area contributed by atoms with Crippen molar-refractivity contribution in [3.8, 4) is 5.75 Å². The monoisotopic (exact) mass is 410 g/mol. The molecule has 0 atom stereocenters. The fourth-order valence-electron chi connectivity index (χ4n) is 3.67. The molecule has 6 heteroatoms. The molecule has 3 rings (SSSR count). The average molecular weight is 411 g/mol. The van der Waals surface area contributed by atoms with Gasteiger partial charge in [-0.25, -0.2) is 4.79 Å². The second kappa shape index (κ2) is 9.76. The van der Waals surface area contributed by atoms with E-state index in [2.05, 4.69) is 4.90 Å². The summed E-state index contributed by atoms with van der Waals surface area (Å²) in [6.45, 7) is 8.35. The van der Waals surface area contributed by atoms with Crippen molar-refractivity contribution in [2.45, 2.75) is 19.3 Å². The molecule has 1 heterocycles. The van der Waals surface area contributed by atoms with E-state index in [0.717, 1.165) is 25.2 Å². The fraction of sp³-hybridized carbons (Fsp3) is 0.417. The summed E-state index contributed by atoms with van der Waals surface area (Å²) in [6.07, 6.45) is 0. The number of benzene rings is 2. The Hall–Kier alpha value is -2.86. The molecule has 1 fully saturated rings. The summed E-state index contributed by atoms with van der Waals surface area (Å²) in [7, 11) is 1.36. The minimum Gasteiger partial charge on any atom is -0.492 e. The largest absolute Gasteiger partial charge is 0.492 e. The Morgan fingerprint density at radius 1 is 0.967 bits per heavy atom. The summed E-state index contributed by atoms with van der Waals surface area (Å²) >= 11 is 0. The Morgan fingerprint density at radius 2 is 1.67 bits per heavy atom. The van der Waals surface area contributed by atoms with E-state index >= 15 is 0 Å². The maximum atomic E-state index is 13.1. The van der Waals surface area contributed by atoms with Crippen LogP contribution in [0.2, 0.25) is 0 Å². The third kappa shape index (κ3) is 5.19. The van der Waals surface area contributed by atoms with Crippen LogP contribution in [0.15, 0.2) is 54.6 Å². The minimum atomic E-state index is -0.531. The van der Waals surface area contributed by atoms with Crippen LogP contribution in [0.25, 0.3) is 0 Å². The van der Waals surface area contributed by atoms with Crippen LogP contribution in [-0.2, 0) is 14.9 Å². The number of amides is 1. The molecule has 6 nitrogen and oxygen atoms in total. The molecule has 0 aromatic heterocycles. The van der Waals surface area contributed by atoms with Crippen molar-refractivity contribution >= 4 is 11.9 Å². The third-order valence-electron chi connectivity index (χ3n) is 5.62. The van der Waals surface area contributed by atoms with Crippen molar-refractivity contribution in [1.82, 2.24) is 9.80 Å². The van der Waals surface area contributed by atoms with E-state index in [0.29, 0.717) is 31.0 Å². The van der Waals surface area contributed by atoms with Crippen molar-refractivity contribution in [2.24, 2.45) is 0 Å². The summed E-state index contributed by atoms with van der Waals surface area (Å²) in [5.41, 5.74) is 0.986. The number of hydrogen-bond acceptors (Lipinski definition) is 5. The number of carbonyl (C=O) groups excluding carboxylic acids is 2. The topological polar surface area (TPSA) is 59.1 Å². The number of esters is 1. The highest BCUT2D eigenvalue weighted by atomic mass is 16.5. The van der Waals surface area contributed by atoms with Crippen LogP contribution < -0.4 is 4.74 Å². The zero-order valence-electron chi connectivity index (χ0n) is 18.0. The van der Waals surface area contributed by atoms with Gasteiger partial charge in [-0.05, 0) is 37.6 Å². The van der Waals surface area contributed by atoms with Gasteiger partial charge in [-0.1, -0.05) is 36.4 Å². The van der Waals surface area contributed by atoms with Crippen LogP contribution in [0.5, 0.6) is 5.75 Å². The van der Waals surface area contributed by atoms with Crippen LogP contribution in [0.4, 0.5) is 0 Å². The predicted molar refractivity (Wildman–Crippen MR) is 116 cm³/mol. The average Bonchev–Trinajstić information content (AvgIpc) is 2.79. The zero-order valence-corrected chi connectivity index (χ0v) is 18.0. The second-order valence-corrected chi connectivity index (χ2v) is 7.99. The normalized spacial score (nSPS) is 15.0. The van der Waals surface area contributed by atoms with E-state index < -0.39 is 5.41 Å². The van der Waals surface area contributed by atoms with Gasteiger partial charge in [0.2, 0.25) is 5.91 Å². The highest BCUT2D eigenvalue weighted by Crippen LogP contribution is 2.26. The molecule has 1 saturated heterocycles. The van der Waals surface area contributed by atoms with Crippen molar-refractivity contribution < 1.29 is 19.1 Å². The maximum absolute atomic E-state index is 13.1. The lowest BCUT2D eigenvalue weighted by Gasteiger charge is -2.38. The lowest BCUT2D eigenvalue weighted by Crippen LogP contribution is -2.53. The Balaban J connectivity index is 1.46. The molecule has 1 aliphatic rings. The van der Waals surface area contributed by atoms with Crippen molar-refractivity contribution in [3.63, 3.8) is 0 Å². The lowest BCUT2D eigenvalue weighted by molar-refractivity contribution is -0.138. The molecule has 2 aromatic rings. The zero-order chi connectivity index (χ0) is 21.6. The van der Waals surface area contributed by atoms with Gasteiger partial charge >= 0.3 is 5.97 Å². The van der Waals surface area contributed by atoms with Gasteiger partial charge in [0, 0.05) is 32.7 Å². The number of nitrogens with zero attached hydrogens (tertiary/aromatic N) is 2. The van der Waals surface area contributed by atoms with Crippen LogP contribution in [0.1, 0.15) is 29.8 Å². The number of hydrogen-bond donors (Lipinski definition) is 0. The van der Waals surface area contributed by atoms with Gasteiger partial charge in [-0.2, -0.15) is 0 Å². The predicted octanol–water partition coefficient (Wildman–Crippen LogP) is 2.97. The van der Waals surface area contributed by atoms with Gasteiger partial charge in [0.1, 0.15) is 12.4 Å². The molecular formula is C24H30N2O4. The molecular weight excluding hydrogens is 380 g/mol. The highest BCUT2D eigenvalue weighted by molar-refractivity contribution is 5.89. The van der Waals surface area contributed by atoms with Gasteiger partial charge in [-0.15, -0.1) is 0 Å². The van der Waals surface area contributed by atoms with E-state index in [1.807, 2.05) is 55.1 Å². The van der Waals surface area contributed by atoms with E-state index in [-0.39, 0.29) is 11.9 Å². The number of ether oxygens (including phenoxy) is 2. The summed E-state index contributed by atoms with van der Waals surface area (Å²) in [5, 5.41) is 0. The summed E-state index contributed by atoms with van der Waals surface area (Å²) in [4.78, 5) is 29.0. The van der Waals surface area contributed by atoms with E-state index in [1.165, 1.54) is 7.11 Å². The first kappa shape index (κ1) is 21.8. The first-order chi connectivity index (χ1) is 14.4. The third-order valence-corrected chi connectivity index (χ3v) is 5.62. The fourth-order valence-corrected chi connectivity index (χ4v) is 3.67. The molecule has 1 amide bonds. The summed E-state index contributed by atoms with van der Waals surface area (Å²) in [6, 6.07) is 16.9. The smallest absolute Gasteiger partial charge is 0.337 e. The van der Waals surface area contributed by atoms with Gasteiger partial charge in [0.25, 0.3) is 0 Å². The Bertz CT molecular complexity index is 859. The molecule has 160 valence electrons. The molecule has 0 radical (unpaired) electrons. The van der Waals surface area contributed by atoms with Crippen LogP contribution in [-0.4, -0.2) is 68.1 Å². The second-order valence-electron chi connectivity index (χ2n) is 7.99. The van der Waals surface area contributed by atoms with Crippen molar-refractivity contribution in [2.75, 3.05) is 46.4 Å². The number of piperazine rings is 1. The molecule has 30 heavy (non-hydrogen) atoms. The first-order valence-corrected chi connectivity index (χ1v) is 10.3. The molecule has 0 N–H and O–H groups in total. The Kier molecular flexibility index (Phi) is 7.11. The Morgan fingerprint density at radius 3 is 2.33 bits per heavy atom. The van der Waals surface area contributed by atoms with Gasteiger partial charge < -0.3 is 14.4 Å². The van der Waals surface area contributed by atoms with Gasteiger partial charge in [0.15, 0.2) is 0 Å². The summed E-state index contributed by atoms with van der Waals surface area (Å²) in [5.74, 6) is 0.445. The van der Waals surface area contributed by atoms with Crippen LogP contribution >= 0.6 is 0 Å². The maximum Gasteiger partial charge on any atom is 0.337 e. The van der Waals surface area contributed by atoms with Crippen LogP contribution in [0.3, 0.4) is 0 Å². The first-order valence-electron chi connectivity index (χ1n) is 10.3. The number of rotatable bonds is 7. The van der Waals surface area contributed by atoms with E-state index in [1.54, 1.807) is 18.2 Å². The lowest BCUT2D eigenvalue weighted by atomic mass is 9.83. The standard InChI is InChI=1S/C24H30N2O4/c1-24(2,20-9-5-4-6-10-20)23(28)26-14-12-25(13-15-26)16-17-30-21-11-7-8-19(18-21)22(27)29-3/h4-11,18H,12-17H2,1-3H3. The quantitative estimate of drug-likeness (QED) is 0.657. The SMILES string of the molecule is COC(=O)c1cccc(OCCN2CCN(C(=O)C(C)(C)c3ccccc3)CC2)c1. The molecule has 2 aromatic carbocycles. The Labute approximate surface area is 178 Å². The minimum absolute atomic E-state index is 0.171.